The van der Waals surface area contributed by atoms with E-state index >= 15 is 0 Å². The van der Waals surface area contributed by atoms with Gasteiger partial charge in [-0.2, -0.15) is 11.8 Å². The molecule has 1 fully saturated rings. The second-order valence-corrected chi connectivity index (χ2v) is 6.17. The van der Waals surface area contributed by atoms with E-state index in [0.29, 0.717) is 12.1 Å². The van der Waals surface area contributed by atoms with E-state index in [0.717, 1.165) is 12.1 Å². The number of thioether (sulfide) groups is 1. The third-order valence-corrected chi connectivity index (χ3v) is 5.13. The molecule has 0 atom stereocenters. The van der Waals surface area contributed by atoms with Gasteiger partial charge in [0.1, 0.15) is 0 Å². The Labute approximate surface area is 113 Å². The predicted octanol–water partition coefficient (Wildman–Crippen LogP) is 2.21. The number of hydrogen-bond acceptors (Lipinski definition) is 3. The van der Waals surface area contributed by atoms with Crippen LogP contribution in [-0.2, 0) is 11.2 Å². The molecule has 1 saturated carbocycles. The Kier molecular flexibility index (Phi) is 4.17. The number of nitrogens with two attached hydrogens (primary N) is 1. The molecule has 98 valence electrons. The third kappa shape index (κ3) is 2.99. The van der Waals surface area contributed by atoms with E-state index in [1.165, 1.54) is 19.3 Å². The molecule has 0 bridgehead atoms. The summed E-state index contributed by atoms with van der Waals surface area (Å²) in [5.41, 5.74) is 7.43. The molecular formula is C14H20N2OS. The van der Waals surface area contributed by atoms with Crippen LogP contribution in [0.2, 0.25) is 0 Å². The van der Waals surface area contributed by atoms with E-state index in [1.807, 2.05) is 36.0 Å². The van der Waals surface area contributed by atoms with Gasteiger partial charge in [-0.15, -0.1) is 0 Å². The van der Waals surface area contributed by atoms with Crippen LogP contribution in [0.4, 0.5) is 5.69 Å². The minimum absolute atomic E-state index is 0.0632. The summed E-state index contributed by atoms with van der Waals surface area (Å²) in [6.07, 6.45) is 6.20. The van der Waals surface area contributed by atoms with Gasteiger partial charge >= 0.3 is 0 Å². The Morgan fingerprint density at radius 1 is 1.44 bits per heavy atom. The molecule has 18 heavy (non-hydrogen) atoms. The minimum Gasteiger partial charge on any atom is -0.398 e. The van der Waals surface area contributed by atoms with Gasteiger partial charge in [-0.3, -0.25) is 4.79 Å². The van der Waals surface area contributed by atoms with Gasteiger partial charge in [0.25, 0.3) is 0 Å². The quantitative estimate of drug-likeness (QED) is 0.802. The average Bonchev–Trinajstić information content (AvgIpc) is 2.31. The summed E-state index contributed by atoms with van der Waals surface area (Å²) in [5.74, 6) is 0.0632. The number of carbonyl (C=O) groups excluding carboxylic acids is 1. The smallest absolute Gasteiger partial charge is 0.224 e. The van der Waals surface area contributed by atoms with Gasteiger partial charge in [0, 0.05) is 17.0 Å². The summed E-state index contributed by atoms with van der Waals surface area (Å²) < 4.78 is 0.290. The minimum atomic E-state index is 0.0632. The number of benzene rings is 1. The third-order valence-electron chi connectivity index (χ3n) is 3.71. The zero-order valence-electron chi connectivity index (χ0n) is 10.7. The first-order valence-corrected chi connectivity index (χ1v) is 7.53. The number of carbonyl (C=O) groups is 1. The number of anilines is 1. The first-order chi connectivity index (χ1) is 8.65. The Hall–Kier alpha value is -1.16. The van der Waals surface area contributed by atoms with Crippen LogP contribution in [0.3, 0.4) is 0 Å². The van der Waals surface area contributed by atoms with Crippen molar-refractivity contribution in [1.82, 2.24) is 5.32 Å². The van der Waals surface area contributed by atoms with Crippen LogP contribution in [0, 0.1) is 0 Å². The van der Waals surface area contributed by atoms with Crippen LogP contribution in [-0.4, -0.2) is 23.5 Å². The second kappa shape index (κ2) is 5.65. The largest absolute Gasteiger partial charge is 0.398 e. The number of rotatable bonds is 5. The lowest BCUT2D eigenvalue weighted by molar-refractivity contribution is -0.120. The van der Waals surface area contributed by atoms with Crippen molar-refractivity contribution in [2.45, 2.75) is 30.4 Å². The summed E-state index contributed by atoms with van der Waals surface area (Å²) in [7, 11) is 0. The van der Waals surface area contributed by atoms with Crippen molar-refractivity contribution in [1.29, 1.82) is 0 Å². The van der Waals surface area contributed by atoms with E-state index in [1.54, 1.807) is 0 Å². The van der Waals surface area contributed by atoms with Crippen molar-refractivity contribution >= 4 is 23.4 Å². The summed E-state index contributed by atoms with van der Waals surface area (Å²) in [5, 5.41) is 3.04. The van der Waals surface area contributed by atoms with E-state index in [-0.39, 0.29) is 10.7 Å². The van der Waals surface area contributed by atoms with E-state index in [2.05, 4.69) is 11.6 Å². The van der Waals surface area contributed by atoms with Crippen LogP contribution in [0.1, 0.15) is 24.8 Å². The molecule has 4 heteroatoms. The monoisotopic (exact) mass is 264 g/mol. The molecular weight excluding hydrogens is 244 g/mol. The van der Waals surface area contributed by atoms with Gasteiger partial charge in [0.05, 0.1) is 6.42 Å². The van der Waals surface area contributed by atoms with Crippen LogP contribution < -0.4 is 11.1 Å². The topological polar surface area (TPSA) is 55.1 Å². The van der Waals surface area contributed by atoms with Crippen molar-refractivity contribution < 1.29 is 4.79 Å². The molecule has 0 unspecified atom stereocenters. The van der Waals surface area contributed by atoms with Gasteiger partial charge in [0.15, 0.2) is 0 Å². The first kappa shape index (κ1) is 13.3. The highest BCUT2D eigenvalue weighted by molar-refractivity contribution is 8.00. The molecule has 1 aliphatic rings. The van der Waals surface area contributed by atoms with Crippen molar-refractivity contribution in [2.24, 2.45) is 0 Å². The number of para-hydroxylation sites is 1. The van der Waals surface area contributed by atoms with E-state index in [9.17, 15) is 4.79 Å². The van der Waals surface area contributed by atoms with Crippen LogP contribution >= 0.6 is 11.8 Å². The molecule has 0 aliphatic heterocycles. The zero-order chi connectivity index (χ0) is 13.0. The molecule has 1 aromatic carbocycles. The molecule has 3 nitrogen and oxygen atoms in total. The van der Waals surface area contributed by atoms with Gasteiger partial charge in [-0.1, -0.05) is 24.6 Å². The maximum atomic E-state index is 11.9. The normalized spacial score (nSPS) is 16.9. The molecule has 1 aromatic rings. The zero-order valence-corrected chi connectivity index (χ0v) is 11.6. The number of nitrogens with one attached hydrogen (secondary N) is 1. The molecule has 0 aromatic heterocycles. The molecule has 2 rings (SSSR count). The Morgan fingerprint density at radius 2 is 2.17 bits per heavy atom. The Morgan fingerprint density at radius 3 is 2.72 bits per heavy atom. The standard InChI is InChI=1S/C14H20N2OS/c1-18-14(7-4-8-14)10-16-13(17)9-11-5-2-3-6-12(11)15/h2-3,5-6H,4,7-10,15H2,1H3,(H,16,17). The molecule has 0 spiro atoms. The molecule has 0 saturated heterocycles. The van der Waals surface area contributed by atoms with Crippen LogP contribution in [0.25, 0.3) is 0 Å². The lowest BCUT2D eigenvalue weighted by atomic mass is 9.84. The van der Waals surface area contributed by atoms with Crippen molar-refractivity contribution in [3.63, 3.8) is 0 Å². The summed E-state index contributed by atoms with van der Waals surface area (Å²) in [4.78, 5) is 11.9. The Bertz CT molecular complexity index is 424. The van der Waals surface area contributed by atoms with Crippen molar-refractivity contribution in [3.05, 3.63) is 29.8 Å². The van der Waals surface area contributed by atoms with E-state index in [4.69, 9.17) is 5.73 Å². The predicted molar refractivity (Wildman–Crippen MR) is 77.7 cm³/mol. The van der Waals surface area contributed by atoms with Gasteiger partial charge in [-0.05, 0) is 30.7 Å². The highest BCUT2D eigenvalue weighted by atomic mass is 32.2. The molecule has 0 heterocycles. The van der Waals surface area contributed by atoms with Crippen LogP contribution in [0.15, 0.2) is 24.3 Å². The first-order valence-electron chi connectivity index (χ1n) is 6.30. The van der Waals surface area contributed by atoms with Gasteiger partial charge in [-0.25, -0.2) is 0 Å². The van der Waals surface area contributed by atoms with Crippen molar-refractivity contribution in [3.8, 4) is 0 Å². The highest BCUT2D eigenvalue weighted by Gasteiger charge is 2.36. The fourth-order valence-corrected chi connectivity index (χ4v) is 3.13. The average molecular weight is 264 g/mol. The number of hydrogen-bond donors (Lipinski definition) is 2. The van der Waals surface area contributed by atoms with Crippen LogP contribution in [0.5, 0.6) is 0 Å². The van der Waals surface area contributed by atoms with Gasteiger partial charge in [0.2, 0.25) is 5.91 Å². The highest BCUT2D eigenvalue weighted by Crippen LogP contribution is 2.42. The number of nitrogen functional groups attached to an aromatic ring is 1. The summed E-state index contributed by atoms with van der Waals surface area (Å²) in [6, 6.07) is 7.53. The fraction of sp³-hybridized carbons (Fsp3) is 0.500. The van der Waals surface area contributed by atoms with Crippen molar-refractivity contribution in [2.75, 3.05) is 18.5 Å². The molecule has 0 radical (unpaired) electrons. The Balaban J connectivity index is 1.84. The maximum Gasteiger partial charge on any atom is 0.224 e. The van der Waals surface area contributed by atoms with E-state index < -0.39 is 0 Å². The summed E-state index contributed by atoms with van der Waals surface area (Å²) >= 11 is 1.87. The maximum absolute atomic E-state index is 11.9. The number of amides is 1. The SMILES string of the molecule is CSC1(CNC(=O)Cc2ccccc2N)CCC1. The summed E-state index contributed by atoms with van der Waals surface area (Å²) in [6.45, 7) is 0.778. The molecule has 1 amide bonds. The lowest BCUT2D eigenvalue weighted by Gasteiger charge is -2.40. The van der Waals surface area contributed by atoms with Gasteiger partial charge < -0.3 is 11.1 Å². The molecule has 3 N–H and O–H groups in total. The fourth-order valence-electron chi connectivity index (χ4n) is 2.21. The lowest BCUT2D eigenvalue weighted by Crippen LogP contribution is -2.45. The molecule has 1 aliphatic carbocycles. The second-order valence-electron chi connectivity index (χ2n) is 4.89.